The zero-order chi connectivity index (χ0) is 12.3. The Hall–Kier alpha value is -2.18. The molecular formula is C10H13N5O2. The van der Waals surface area contributed by atoms with E-state index in [9.17, 15) is 4.79 Å². The lowest BCUT2D eigenvalue weighted by Crippen LogP contribution is -2.06. The molecule has 0 saturated carbocycles. The third-order valence-corrected chi connectivity index (χ3v) is 2.40. The molecule has 0 amide bonds. The van der Waals surface area contributed by atoms with E-state index in [4.69, 9.17) is 5.11 Å². The van der Waals surface area contributed by atoms with Crippen molar-refractivity contribution in [3.63, 3.8) is 0 Å². The van der Waals surface area contributed by atoms with Gasteiger partial charge in [0.1, 0.15) is 5.82 Å². The van der Waals surface area contributed by atoms with Gasteiger partial charge in [-0.15, -0.1) is 5.10 Å². The Morgan fingerprint density at radius 3 is 3.00 bits per heavy atom. The molecule has 0 saturated heterocycles. The fourth-order valence-corrected chi connectivity index (χ4v) is 1.54. The monoisotopic (exact) mass is 235 g/mol. The number of imidazole rings is 1. The van der Waals surface area contributed by atoms with Crippen LogP contribution in [-0.2, 0) is 31.2 Å². The fraction of sp³-hybridized carbons (Fsp3) is 0.400. The maximum atomic E-state index is 10.5. The van der Waals surface area contributed by atoms with Crippen molar-refractivity contribution in [2.24, 2.45) is 7.05 Å². The average Bonchev–Trinajstić information content (AvgIpc) is 2.84. The zero-order valence-corrected chi connectivity index (χ0v) is 9.44. The summed E-state index contributed by atoms with van der Waals surface area (Å²) in [7, 11) is 1.93. The Morgan fingerprint density at radius 2 is 2.35 bits per heavy atom. The molecule has 0 spiro atoms. The lowest BCUT2D eigenvalue weighted by molar-refractivity contribution is -0.136. The van der Waals surface area contributed by atoms with Crippen LogP contribution in [0.3, 0.4) is 0 Å². The Balaban J connectivity index is 1.93. The van der Waals surface area contributed by atoms with Crippen molar-refractivity contribution in [3.8, 4) is 0 Å². The number of hydrogen-bond donors (Lipinski definition) is 1. The zero-order valence-electron chi connectivity index (χ0n) is 9.44. The first-order valence-electron chi connectivity index (χ1n) is 5.22. The summed E-state index contributed by atoms with van der Waals surface area (Å²) in [6, 6.07) is 0. The Labute approximate surface area is 97.7 Å². The molecule has 17 heavy (non-hydrogen) atoms. The van der Waals surface area contributed by atoms with Crippen LogP contribution in [0.5, 0.6) is 0 Å². The van der Waals surface area contributed by atoms with E-state index < -0.39 is 5.97 Å². The molecule has 0 aliphatic rings. The Morgan fingerprint density at radius 1 is 1.53 bits per heavy atom. The standard InChI is InChI=1S/C10H13N5O2/c1-14-5-3-11-9(14)2-4-15-7-8(12-13-15)6-10(16)17/h3,5,7H,2,4,6H2,1H3,(H,16,17). The summed E-state index contributed by atoms with van der Waals surface area (Å²) in [5, 5.41) is 16.3. The summed E-state index contributed by atoms with van der Waals surface area (Å²) in [5.74, 6) is 0.0569. The molecule has 0 aliphatic carbocycles. The van der Waals surface area contributed by atoms with Gasteiger partial charge >= 0.3 is 5.97 Å². The minimum Gasteiger partial charge on any atom is -0.481 e. The van der Waals surface area contributed by atoms with Crippen molar-refractivity contribution in [1.82, 2.24) is 24.5 Å². The lowest BCUT2D eigenvalue weighted by Gasteiger charge is -2.00. The fourth-order valence-electron chi connectivity index (χ4n) is 1.54. The summed E-state index contributed by atoms with van der Waals surface area (Å²) in [6.07, 6.45) is 5.91. The second-order valence-electron chi connectivity index (χ2n) is 3.75. The highest BCUT2D eigenvalue weighted by molar-refractivity contribution is 5.69. The number of rotatable bonds is 5. The summed E-state index contributed by atoms with van der Waals surface area (Å²) in [5.41, 5.74) is 0.470. The molecule has 0 bridgehead atoms. The number of aromatic nitrogens is 5. The van der Waals surface area contributed by atoms with Crippen molar-refractivity contribution in [2.75, 3.05) is 0 Å². The van der Waals surface area contributed by atoms with Gasteiger partial charge in [-0.05, 0) is 0 Å². The summed E-state index contributed by atoms with van der Waals surface area (Å²) in [4.78, 5) is 14.7. The third kappa shape index (κ3) is 2.90. The molecule has 0 atom stereocenters. The van der Waals surface area contributed by atoms with E-state index in [1.807, 2.05) is 17.8 Å². The number of aliphatic carboxylic acids is 1. The van der Waals surface area contributed by atoms with Crippen LogP contribution in [0.1, 0.15) is 11.5 Å². The van der Waals surface area contributed by atoms with Crippen molar-refractivity contribution in [1.29, 1.82) is 0 Å². The van der Waals surface area contributed by atoms with Gasteiger partial charge in [-0.1, -0.05) is 5.21 Å². The van der Waals surface area contributed by atoms with Crippen LogP contribution in [0, 0.1) is 0 Å². The van der Waals surface area contributed by atoms with E-state index >= 15 is 0 Å². The molecule has 7 nitrogen and oxygen atoms in total. The molecule has 0 fully saturated rings. The lowest BCUT2D eigenvalue weighted by atomic mass is 10.3. The topological polar surface area (TPSA) is 85.8 Å². The molecule has 1 N–H and O–H groups in total. The molecule has 0 aliphatic heterocycles. The predicted octanol–water partition coefficient (Wildman–Crippen LogP) is -0.119. The van der Waals surface area contributed by atoms with Crippen molar-refractivity contribution in [2.45, 2.75) is 19.4 Å². The van der Waals surface area contributed by atoms with Crippen LogP contribution in [-0.4, -0.2) is 35.6 Å². The number of hydrogen-bond acceptors (Lipinski definition) is 4. The first kappa shape index (κ1) is 11.3. The molecule has 2 aromatic heterocycles. The van der Waals surface area contributed by atoms with Crippen LogP contribution >= 0.6 is 0 Å². The summed E-state index contributed by atoms with van der Waals surface area (Å²) >= 11 is 0. The minimum atomic E-state index is -0.902. The third-order valence-electron chi connectivity index (χ3n) is 2.40. The maximum Gasteiger partial charge on any atom is 0.309 e. The number of carboxylic acid groups (broad SMARTS) is 1. The highest BCUT2D eigenvalue weighted by Crippen LogP contribution is 1.99. The number of nitrogens with zero attached hydrogens (tertiary/aromatic N) is 5. The quantitative estimate of drug-likeness (QED) is 0.781. The summed E-state index contributed by atoms with van der Waals surface area (Å²) in [6.45, 7) is 0.636. The first-order chi connectivity index (χ1) is 8.15. The smallest absolute Gasteiger partial charge is 0.309 e. The van der Waals surface area contributed by atoms with Crippen LogP contribution in [0.15, 0.2) is 18.6 Å². The van der Waals surface area contributed by atoms with Gasteiger partial charge in [0.15, 0.2) is 0 Å². The van der Waals surface area contributed by atoms with Crippen molar-refractivity contribution in [3.05, 3.63) is 30.1 Å². The molecule has 7 heteroatoms. The van der Waals surface area contributed by atoms with Crippen LogP contribution in [0.25, 0.3) is 0 Å². The molecule has 90 valence electrons. The van der Waals surface area contributed by atoms with Crippen LogP contribution in [0.4, 0.5) is 0 Å². The number of carbonyl (C=O) groups is 1. The van der Waals surface area contributed by atoms with E-state index in [1.165, 1.54) is 0 Å². The number of aryl methyl sites for hydroxylation is 3. The molecule has 0 aromatic carbocycles. The van der Waals surface area contributed by atoms with Crippen LogP contribution in [0.2, 0.25) is 0 Å². The van der Waals surface area contributed by atoms with E-state index in [-0.39, 0.29) is 6.42 Å². The van der Waals surface area contributed by atoms with Gasteiger partial charge in [-0.3, -0.25) is 9.48 Å². The normalized spacial score (nSPS) is 10.6. The molecular weight excluding hydrogens is 222 g/mol. The molecule has 0 unspecified atom stereocenters. The van der Waals surface area contributed by atoms with Crippen LogP contribution < -0.4 is 0 Å². The van der Waals surface area contributed by atoms with Gasteiger partial charge in [-0.2, -0.15) is 0 Å². The Kier molecular flexibility index (Phi) is 3.17. The van der Waals surface area contributed by atoms with E-state index in [0.717, 1.165) is 12.2 Å². The largest absolute Gasteiger partial charge is 0.481 e. The van der Waals surface area contributed by atoms with Crippen molar-refractivity contribution >= 4 is 5.97 Å². The Bertz CT molecular complexity index is 516. The maximum absolute atomic E-state index is 10.5. The highest BCUT2D eigenvalue weighted by atomic mass is 16.4. The van der Waals surface area contributed by atoms with Gasteiger partial charge in [0.05, 0.1) is 12.1 Å². The average molecular weight is 235 g/mol. The summed E-state index contributed by atoms with van der Waals surface area (Å²) < 4.78 is 3.57. The molecule has 2 rings (SSSR count). The number of carboxylic acids is 1. The second kappa shape index (κ2) is 4.77. The molecule has 2 aromatic rings. The first-order valence-corrected chi connectivity index (χ1v) is 5.22. The SMILES string of the molecule is Cn1ccnc1CCn1cc(CC(=O)O)nn1. The van der Waals surface area contributed by atoms with Gasteiger partial charge < -0.3 is 9.67 Å². The van der Waals surface area contributed by atoms with Gasteiger partial charge in [0.2, 0.25) is 0 Å². The van der Waals surface area contributed by atoms with E-state index in [0.29, 0.717) is 12.2 Å². The van der Waals surface area contributed by atoms with E-state index in [1.54, 1.807) is 17.1 Å². The van der Waals surface area contributed by atoms with Gasteiger partial charge in [0.25, 0.3) is 0 Å². The highest BCUT2D eigenvalue weighted by Gasteiger charge is 2.06. The molecule has 2 heterocycles. The second-order valence-corrected chi connectivity index (χ2v) is 3.75. The minimum absolute atomic E-state index is 0.0948. The predicted molar refractivity (Wildman–Crippen MR) is 58.3 cm³/mol. The van der Waals surface area contributed by atoms with Gasteiger partial charge in [-0.25, -0.2) is 4.98 Å². The van der Waals surface area contributed by atoms with Crippen molar-refractivity contribution < 1.29 is 9.90 Å². The van der Waals surface area contributed by atoms with E-state index in [2.05, 4.69) is 15.3 Å². The molecule has 0 radical (unpaired) electrons. The van der Waals surface area contributed by atoms with Gasteiger partial charge in [0, 0.05) is 38.6 Å².